The zero-order chi connectivity index (χ0) is 25.8. The molecule has 1 aliphatic carbocycles. The van der Waals surface area contributed by atoms with Gasteiger partial charge in [0.05, 0.1) is 36.4 Å². The molecule has 9 nitrogen and oxygen atoms in total. The molecule has 3 N–H and O–H groups in total. The van der Waals surface area contributed by atoms with Crippen LogP contribution in [-0.4, -0.2) is 36.6 Å². The summed E-state index contributed by atoms with van der Waals surface area (Å²) in [7, 11) is 1.38. The van der Waals surface area contributed by atoms with Gasteiger partial charge in [0.2, 0.25) is 0 Å². The van der Waals surface area contributed by atoms with E-state index in [0.29, 0.717) is 5.52 Å². The minimum absolute atomic E-state index is 0.00483. The predicted molar refractivity (Wildman–Crippen MR) is 127 cm³/mol. The third-order valence-electron chi connectivity index (χ3n) is 5.28. The van der Waals surface area contributed by atoms with Crippen LogP contribution in [0.4, 0.5) is 19.3 Å². The minimum atomic E-state index is -1.22. The Balaban J connectivity index is 1.67. The fourth-order valence-electron chi connectivity index (χ4n) is 3.36. The number of halogens is 3. The fourth-order valence-corrected chi connectivity index (χ4v) is 3.54. The van der Waals surface area contributed by atoms with Crippen molar-refractivity contribution in [2.45, 2.75) is 25.3 Å². The number of amides is 3. The molecule has 3 aromatic rings. The van der Waals surface area contributed by atoms with Gasteiger partial charge in [-0.1, -0.05) is 11.6 Å². The Hall–Kier alpha value is -4.17. The molecule has 0 bridgehead atoms. The number of aromatic nitrogens is 1. The van der Waals surface area contributed by atoms with Gasteiger partial charge >= 0.3 is 6.03 Å². The second-order valence-electron chi connectivity index (χ2n) is 7.88. The van der Waals surface area contributed by atoms with E-state index in [1.807, 2.05) is 6.07 Å². The number of rotatable bonds is 8. The molecular formula is C24H20ClF2N5O4. The molecule has 0 atom stereocenters. The summed E-state index contributed by atoms with van der Waals surface area (Å²) in [6.07, 6.45) is 3.15. The number of carbonyl (C=O) groups is 2. The number of nitrogens with zero attached hydrogens (tertiary/aromatic N) is 2. The number of carbonyl (C=O) groups excluding carboxylic acids is 2. The van der Waals surface area contributed by atoms with E-state index in [2.05, 4.69) is 20.9 Å². The van der Waals surface area contributed by atoms with Gasteiger partial charge in [0.15, 0.2) is 17.4 Å². The van der Waals surface area contributed by atoms with Crippen molar-refractivity contribution < 1.29 is 27.8 Å². The number of benzene rings is 2. The van der Waals surface area contributed by atoms with Gasteiger partial charge in [0.1, 0.15) is 16.5 Å². The van der Waals surface area contributed by atoms with Crippen molar-refractivity contribution in [3.05, 3.63) is 52.7 Å². The van der Waals surface area contributed by atoms with Gasteiger partial charge in [-0.3, -0.25) is 9.78 Å². The Bertz CT molecular complexity index is 1390. The average molecular weight is 516 g/mol. The number of urea groups is 1. The Labute approximate surface area is 209 Å². The lowest BCUT2D eigenvalue weighted by atomic mass is 10.1. The number of fused-ring (bicyclic) bond motifs is 1. The summed E-state index contributed by atoms with van der Waals surface area (Å²) in [4.78, 5) is 28.8. The highest BCUT2D eigenvalue weighted by Crippen LogP contribution is 2.39. The molecule has 1 aliphatic rings. The molecule has 4 rings (SSSR count). The highest BCUT2D eigenvalue weighted by molar-refractivity contribution is 6.34. The van der Waals surface area contributed by atoms with Crippen LogP contribution in [0.2, 0.25) is 5.02 Å². The molecular weight excluding hydrogens is 496 g/mol. The summed E-state index contributed by atoms with van der Waals surface area (Å²) in [5, 5.41) is 16.0. The van der Waals surface area contributed by atoms with E-state index in [-0.39, 0.29) is 47.1 Å². The van der Waals surface area contributed by atoms with E-state index < -0.39 is 34.3 Å². The predicted octanol–water partition coefficient (Wildman–Crippen LogP) is 4.89. The van der Waals surface area contributed by atoms with Crippen LogP contribution in [0.25, 0.3) is 10.9 Å². The lowest BCUT2D eigenvalue weighted by Crippen LogP contribution is -2.30. The van der Waals surface area contributed by atoms with Crippen molar-refractivity contribution in [1.29, 1.82) is 5.26 Å². The number of nitriles is 1. The van der Waals surface area contributed by atoms with Crippen LogP contribution in [0.15, 0.2) is 30.5 Å². The number of nitrogens with one attached hydrogen (secondary N) is 3. The molecule has 1 aromatic heterocycles. The van der Waals surface area contributed by atoms with Gasteiger partial charge in [-0.2, -0.15) is 5.26 Å². The van der Waals surface area contributed by atoms with Crippen LogP contribution in [0.1, 0.15) is 29.6 Å². The van der Waals surface area contributed by atoms with Crippen molar-refractivity contribution >= 4 is 40.1 Å². The van der Waals surface area contributed by atoms with E-state index in [4.69, 9.17) is 26.3 Å². The number of hydrogen-bond donors (Lipinski definition) is 3. The van der Waals surface area contributed by atoms with Gasteiger partial charge in [0, 0.05) is 36.3 Å². The third-order valence-corrected chi connectivity index (χ3v) is 5.65. The number of anilines is 1. The number of ether oxygens (including phenoxy) is 2. The maximum atomic E-state index is 15.0. The van der Waals surface area contributed by atoms with Crippen molar-refractivity contribution in [2.75, 3.05) is 19.0 Å². The van der Waals surface area contributed by atoms with Crippen LogP contribution in [-0.2, 0) is 0 Å². The lowest BCUT2D eigenvalue weighted by molar-refractivity contribution is 0.0951. The second kappa shape index (κ2) is 10.6. The normalized spacial score (nSPS) is 12.5. The smallest absolute Gasteiger partial charge is 0.319 e. The monoisotopic (exact) mass is 515 g/mol. The Morgan fingerprint density at radius 3 is 2.72 bits per heavy atom. The van der Waals surface area contributed by atoms with Gasteiger partial charge in [-0.25, -0.2) is 13.6 Å². The first-order valence-corrected chi connectivity index (χ1v) is 11.2. The van der Waals surface area contributed by atoms with Gasteiger partial charge in [-0.05, 0) is 25.0 Å². The van der Waals surface area contributed by atoms with E-state index in [1.54, 1.807) is 0 Å². The molecule has 12 heteroatoms. The number of hydrogen-bond acceptors (Lipinski definition) is 6. The van der Waals surface area contributed by atoms with Crippen LogP contribution < -0.4 is 25.4 Å². The van der Waals surface area contributed by atoms with Crippen molar-refractivity contribution in [2.24, 2.45) is 0 Å². The zero-order valence-corrected chi connectivity index (χ0v) is 19.7. The van der Waals surface area contributed by atoms with E-state index in [0.717, 1.165) is 18.9 Å². The first-order chi connectivity index (χ1) is 17.3. The van der Waals surface area contributed by atoms with Crippen LogP contribution in [0.5, 0.6) is 17.2 Å². The molecule has 1 heterocycles. The van der Waals surface area contributed by atoms with E-state index in [1.165, 1.54) is 31.5 Å². The molecule has 1 saturated carbocycles. The summed E-state index contributed by atoms with van der Waals surface area (Å²) >= 11 is 6.05. The first-order valence-electron chi connectivity index (χ1n) is 10.9. The van der Waals surface area contributed by atoms with Gasteiger partial charge < -0.3 is 25.4 Å². The van der Waals surface area contributed by atoms with Crippen molar-refractivity contribution in [1.82, 2.24) is 15.6 Å². The van der Waals surface area contributed by atoms with Crippen molar-refractivity contribution in [3.8, 4) is 23.3 Å². The minimum Gasteiger partial charge on any atom is -0.496 e. The molecule has 0 unspecified atom stereocenters. The SMILES string of the molecule is COc1cc2nccc(Oc3c(F)cc(NC(=O)NC4CC4)c(Cl)c3F)c2cc1C(=O)NCCC#N. The Kier molecular flexibility index (Phi) is 7.36. The summed E-state index contributed by atoms with van der Waals surface area (Å²) in [5.74, 6) is -3.43. The molecule has 0 spiro atoms. The maximum Gasteiger partial charge on any atom is 0.319 e. The van der Waals surface area contributed by atoms with Gasteiger partial charge in [0.25, 0.3) is 5.91 Å². The number of pyridine rings is 1. The summed E-state index contributed by atoms with van der Waals surface area (Å²) in [6, 6.07) is 6.45. The first kappa shape index (κ1) is 24.9. The summed E-state index contributed by atoms with van der Waals surface area (Å²) in [6.45, 7) is 0.126. The molecule has 2 aromatic carbocycles. The van der Waals surface area contributed by atoms with E-state index in [9.17, 15) is 14.0 Å². The van der Waals surface area contributed by atoms with Crippen molar-refractivity contribution in [3.63, 3.8) is 0 Å². The largest absolute Gasteiger partial charge is 0.496 e. The third kappa shape index (κ3) is 5.39. The van der Waals surface area contributed by atoms with E-state index >= 15 is 4.39 Å². The molecule has 1 fully saturated rings. The maximum absolute atomic E-state index is 15.0. The Morgan fingerprint density at radius 1 is 1.25 bits per heavy atom. The van der Waals surface area contributed by atoms with Gasteiger partial charge in [-0.15, -0.1) is 0 Å². The molecule has 0 saturated heterocycles. The summed E-state index contributed by atoms with van der Waals surface area (Å²) in [5.41, 5.74) is 0.193. The molecule has 186 valence electrons. The highest BCUT2D eigenvalue weighted by atomic mass is 35.5. The zero-order valence-electron chi connectivity index (χ0n) is 19.0. The Morgan fingerprint density at radius 2 is 2.03 bits per heavy atom. The average Bonchev–Trinajstić information content (AvgIpc) is 3.68. The quantitative estimate of drug-likeness (QED) is 0.289. The molecule has 0 aliphatic heterocycles. The molecule has 36 heavy (non-hydrogen) atoms. The molecule has 3 amide bonds. The van der Waals surface area contributed by atoms with Crippen LogP contribution in [0, 0.1) is 23.0 Å². The number of methoxy groups -OCH3 is 1. The lowest BCUT2D eigenvalue weighted by Gasteiger charge is -2.15. The second-order valence-corrected chi connectivity index (χ2v) is 8.26. The van der Waals surface area contributed by atoms with Crippen LogP contribution >= 0.6 is 11.6 Å². The standard InChI is InChI=1S/C24H20ClF2N5O4/c1-35-19-11-16-13(9-14(19)23(33)30-7-2-6-28)18(5-8-29-16)36-22-15(26)10-17(20(25)21(22)27)32-24(34)31-12-3-4-12/h5,8-12H,2-4,7H2,1H3,(H,30,33)(H2,31,32,34). The van der Waals surface area contributed by atoms with Crippen LogP contribution in [0.3, 0.4) is 0 Å². The highest BCUT2D eigenvalue weighted by Gasteiger charge is 2.26. The topological polar surface area (TPSA) is 125 Å². The molecule has 0 radical (unpaired) electrons. The summed E-state index contributed by atoms with van der Waals surface area (Å²) < 4.78 is 40.8. The fraction of sp³-hybridized carbons (Fsp3) is 0.250.